The Morgan fingerprint density at radius 1 is 1.64 bits per heavy atom. The van der Waals surface area contributed by atoms with Gasteiger partial charge in [-0.25, -0.2) is 0 Å². The van der Waals surface area contributed by atoms with E-state index < -0.39 is 4.92 Å². The third-order valence-corrected chi connectivity index (χ3v) is 2.43. The van der Waals surface area contributed by atoms with Gasteiger partial charge in [0.15, 0.2) is 0 Å². The molecular formula is C9H10N2O3. The van der Waals surface area contributed by atoms with Gasteiger partial charge in [-0.15, -0.1) is 0 Å². The molecule has 5 heteroatoms. The second kappa shape index (κ2) is 3.34. The van der Waals surface area contributed by atoms with Gasteiger partial charge in [0.05, 0.1) is 11.0 Å². The number of aromatic nitrogens is 1. The van der Waals surface area contributed by atoms with Crippen LogP contribution in [0.1, 0.15) is 17.7 Å². The van der Waals surface area contributed by atoms with Crippen LogP contribution in [0, 0.1) is 10.1 Å². The number of fused-ring (bicyclic) bond motifs is 1. The highest BCUT2D eigenvalue weighted by atomic mass is 16.6. The van der Waals surface area contributed by atoms with Crippen molar-refractivity contribution in [3.63, 3.8) is 0 Å². The average molecular weight is 194 g/mol. The molecule has 0 aromatic carbocycles. The van der Waals surface area contributed by atoms with Crippen molar-refractivity contribution in [3.05, 3.63) is 33.6 Å². The number of hydrogen-bond donors (Lipinski definition) is 1. The van der Waals surface area contributed by atoms with Crippen molar-refractivity contribution in [2.75, 3.05) is 0 Å². The summed E-state index contributed by atoms with van der Waals surface area (Å²) in [6.07, 6.45) is 2.76. The summed E-state index contributed by atoms with van der Waals surface area (Å²) < 4.78 is 0. The van der Waals surface area contributed by atoms with E-state index in [0.29, 0.717) is 19.3 Å². The molecule has 1 aliphatic carbocycles. The van der Waals surface area contributed by atoms with Crippen LogP contribution < -0.4 is 0 Å². The van der Waals surface area contributed by atoms with E-state index in [9.17, 15) is 15.2 Å². The fourth-order valence-corrected chi connectivity index (χ4v) is 1.69. The van der Waals surface area contributed by atoms with Crippen LogP contribution in [-0.4, -0.2) is 21.1 Å². The zero-order chi connectivity index (χ0) is 10.1. The second-order valence-electron chi connectivity index (χ2n) is 3.45. The molecule has 0 unspecified atom stereocenters. The smallest absolute Gasteiger partial charge is 0.287 e. The van der Waals surface area contributed by atoms with E-state index in [1.165, 1.54) is 12.3 Å². The molecule has 74 valence electrons. The summed E-state index contributed by atoms with van der Waals surface area (Å²) in [5, 5.41) is 19.9. The van der Waals surface area contributed by atoms with E-state index in [0.717, 1.165) is 11.3 Å². The summed E-state index contributed by atoms with van der Waals surface area (Å²) in [5.74, 6) is 0. The maximum Gasteiger partial charge on any atom is 0.287 e. The SMILES string of the molecule is O=[N+]([O-])c1cnc2c(c1)C[C@H](O)CC2. The Morgan fingerprint density at radius 3 is 3.14 bits per heavy atom. The highest BCUT2D eigenvalue weighted by Gasteiger charge is 2.20. The summed E-state index contributed by atoms with van der Waals surface area (Å²) in [5.41, 5.74) is 1.68. The molecule has 1 aromatic rings. The van der Waals surface area contributed by atoms with Crippen molar-refractivity contribution >= 4 is 5.69 Å². The molecule has 1 aliphatic rings. The average Bonchev–Trinajstić information content (AvgIpc) is 2.16. The van der Waals surface area contributed by atoms with Crippen LogP contribution in [0.4, 0.5) is 5.69 Å². The number of nitro groups is 1. The van der Waals surface area contributed by atoms with Gasteiger partial charge in [0, 0.05) is 18.2 Å². The Labute approximate surface area is 80.6 Å². The van der Waals surface area contributed by atoms with E-state index in [2.05, 4.69) is 4.98 Å². The molecule has 14 heavy (non-hydrogen) atoms. The van der Waals surface area contributed by atoms with Gasteiger partial charge in [-0.3, -0.25) is 15.1 Å². The van der Waals surface area contributed by atoms with E-state index in [4.69, 9.17) is 0 Å². The van der Waals surface area contributed by atoms with Gasteiger partial charge in [-0.2, -0.15) is 0 Å². The highest BCUT2D eigenvalue weighted by Crippen LogP contribution is 2.23. The normalized spacial score (nSPS) is 20.2. The molecule has 1 N–H and O–H groups in total. The zero-order valence-electron chi connectivity index (χ0n) is 7.51. The molecule has 0 fully saturated rings. The zero-order valence-corrected chi connectivity index (χ0v) is 7.51. The molecule has 0 spiro atoms. The largest absolute Gasteiger partial charge is 0.393 e. The lowest BCUT2D eigenvalue weighted by Gasteiger charge is -2.18. The Bertz CT molecular complexity index is 378. The molecule has 0 amide bonds. The topological polar surface area (TPSA) is 76.3 Å². The predicted octanol–water partition coefficient (Wildman–Crippen LogP) is 0.839. The summed E-state index contributed by atoms with van der Waals surface area (Å²) in [6, 6.07) is 1.50. The summed E-state index contributed by atoms with van der Waals surface area (Å²) in [7, 11) is 0. The first-order chi connectivity index (χ1) is 6.66. The number of aliphatic hydroxyl groups is 1. The minimum atomic E-state index is -0.464. The van der Waals surface area contributed by atoms with Crippen molar-refractivity contribution in [2.45, 2.75) is 25.4 Å². The Balaban J connectivity index is 2.37. The van der Waals surface area contributed by atoms with Crippen LogP contribution in [0.5, 0.6) is 0 Å². The number of hydrogen-bond acceptors (Lipinski definition) is 4. The quantitative estimate of drug-likeness (QED) is 0.531. The van der Waals surface area contributed by atoms with Crippen LogP contribution in [-0.2, 0) is 12.8 Å². The number of aliphatic hydroxyl groups excluding tert-OH is 1. The predicted molar refractivity (Wildman–Crippen MR) is 48.9 cm³/mol. The lowest BCUT2D eigenvalue weighted by Crippen LogP contribution is -2.19. The fraction of sp³-hybridized carbons (Fsp3) is 0.444. The maximum atomic E-state index is 10.5. The van der Waals surface area contributed by atoms with Gasteiger partial charge < -0.3 is 5.11 Å². The summed E-state index contributed by atoms with van der Waals surface area (Å²) >= 11 is 0. The molecule has 5 nitrogen and oxygen atoms in total. The van der Waals surface area contributed by atoms with Gasteiger partial charge in [0.1, 0.15) is 6.20 Å². The van der Waals surface area contributed by atoms with Crippen molar-refractivity contribution in [1.82, 2.24) is 4.98 Å². The molecule has 0 bridgehead atoms. The van der Waals surface area contributed by atoms with E-state index in [1.54, 1.807) is 0 Å². The first kappa shape index (κ1) is 9.08. The third kappa shape index (κ3) is 1.58. The van der Waals surface area contributed by atoms with Crippen LogP contribution in [0.3, 0.4) is 0 Å². The van der Waals surface area contributed by atoms with Gasteiger partial charge >= 0.3 is 0 Å². The van der Waals surface area contributed by atoms with Crippen molar-refractivity contribution in [1.29, 1.82) is 0 Å². The minimum absolute atomic E-state index is 0.00199. The molecule has 1 aromatic heterocycles. The van der Waals surface area contributed by atoms with Crippen LogP contribution in [0.15, 0.2) is 12.3 Å². The minimum Gasteiger partial charge on any atom is -0.393 e. The van der Waals surface area contributed by atoms with Gasteiger partial charge in [0.2, 0.25) is 0 Å². The van der Waals surface area contributed by atoms with Gasteiger partial charge in [0.25, 0.3) is 5.69 Å². The van der Waals surface area contributed by atoms with Gasteiger partial charge in [-0.1, -0.05) is 0 Å². The van der Waals surface area contributed by atoms with Crippen molar-refractivity contribution in [2.24, 2.45) is 0 Å². The van der Waals surface area contributed by atoms with E-state index in [1.807, 2.05) is 0 Å². The standard InChI is InChI=1S/C9H10N2O3/c12-8-1-2-9-6(4-8)3-7(5-10-9)11(13)14/h3,5,8,12H,1-2,4H2/t8-/m1/s1. The maximum absolute atomic E-state index is 10.5. The number of rotatable bonds is 1. The molecule has 0 radical (unpaired) electrons. The number of nitrogens with zero attached hydrogens (tertiary/aromatic N) is 2. The first-order valence-electron chi connectivity index (χ1n) is 4.47. The van der Waals surface area contributed by atoms with Crippen molar-refractivity contribution < 1.29 is 10.0 Å². The van der Waals surface area contributed by atoms with E-state index in [-0.39, 0.29) is 11.8 Å². The molecule has 0 aliphatic heterocycles. The second-order valence-corrected chi connectivity index (χ2v) is 3.45. The highest BCUT2D eigenvalue weighted by molar-refractivity contribution is 5.35. The summed E-state index contributed by atoms with van der Waals surface area (Å²) in [6.45, 7) is 0. The summed E-state index contributed by atoms with van der Waals surface area (Å²) in [4.78, 5) is 14.0. The third-order valence-electron chi connectivity index (χ3n) is 2.43. The molecule has 0 saturated carbocycles. The molecule has 1 heterocycles. The Kier molecular flexibility index (Phi) is 2.17. The number of pyridine rings is 1. The molecule has 1 atom stereocenters. The molecular weight excluding hydrogens is 184 g/mol. The van der Waals surface area contributed by atoms with Gasteiger partial charge in [-0.05, 0) is 18.4 Å². The van der Waals surface area contributed by atoms with Crippen molar-refractivity contribution in [3.8, 4) is 0 Å². The first-order valence-corrected chi connectivity index (χ1v) is 4.47. The fourth-order valence-electron chi connectivity index (χ4n) is 1.69. The lowest BCUT2D eigenvalue weighted by atomic mass is 9.94. The Morgan fingerprint density at radius 2 is 2.43 bits per heavy atom. The Hall–Kier alpha value is -1.49. The van der Waals surface area contributed by atoms with Crippen LogP contribution in [0.2, 0.25) is 0 Å². The monoisotopic (exact) mass is 194 g/mol. The van der Waals surface area contributed by atoms with E-state index >= 15 is 0 Å². The molecule has 2 rings (SSSR count). The number of aryl methyl sites for hydroxylation is 1. The van der Waals surface area contributed by atoms with Crippen LogP contribution in [0.25, 0.3) is 0 Å². The van der Waals surface area contributed by atoms with Crippen LogP contribution >= 0.6 is 0 Å². The molecule has 0 saturated heterocycles. The lowest BCUT2D eigenvalue weighted by molar-refractivity contribution is -0.385.